The van der Waals surface area contributed by atoms with Crippen molar-refractivity contribution in [3.8, 4) is 0 Å². The van der Waals surface area contributed by atoms with E-state index < -0.39 is 0 Å². The first-order valence-corrected chi connectivity index (χ1v) is 2.68. The van der Waals surface area contributed by atoms with Gasteiger partial charge in [0.25, 0.3) is 0 Å². The van der Waals surface area contributed by atoms with Gasteiger partial charge >= 0.3 is 0 Å². The summed E-state index contributed by atoms with van der Waals surface area (Å²) in [5.74, 6) is 0.479. The van der Waals surface area contributed by atoms with Crippen LogP contribution in [0.3, 0.4) is 0 Å². The van der Waals surface area contributed by atoms with E-state index in [1.54, 1.807) is 12.1 Å². The molecular weight excluding hydrogens is 114 g/mol. The zero-order chi connectivity index (χ0) is 6.85. The molecule has 0 fully saturated rings. The molecule has 1 aromatic rings. The van der Waals surface area contributed by atoms with Crippen molar-refractivity contribution in [1.29, 1.82) is 0 Å². The molecule has 0 aliphatic carbocycles. The lowest BCUT2D eigenvalue weighted by molar-refractivity contribution is 1.21. The fourth-order valence-electron chi connectivity index (χ4n) is 0.722. The molecular formula is C6H9N3. The molecule has 1 rings (SSSR count). The summed E-state index contributed by atoms with van der Waals surface area (Å²) in [5.41, 5.74) is 12.3. The minimum Gasteiger partial charge on any atom is -0.399 e. The zero-order valence-corrected chi connectivity index (χ0v) is 5.26. The lowest BCUT2D eigenvalue weighted by Gasteiger charge is -1.96. The van der Waals surface area contributed by atoms with Crippen molar-refractivity contribution in [2.75, 3.05) is 11.5 Å². The number of aryl methyl sites for hydroxylation is 1. The Bertz CT molecular complexity index is 169. The van der Waals surface area contributed by atoms with E-state index in [9.17, 15) is 0 Å². The number of anilines is 2. The second kappa shape index (κ2) is 1.93. The quantitative estimate of drug-likeness (QED) is 0.529. The minimum atomic E-state index is 0.479. The molecule has 0 aliphatic rings. The van der Waals surface area contributed by atoms with E-state index in [1.165, 1.54) is 0 Å². The summed E-state index contributed by atoms with van der Waals surface area (Å²) in [5, 5.41) is 0. The summed E-state index contributed by atoms with van der Waals surface area (Å²) in [7, 11) is 0. The number of rotatable bonds is 0. The van der Waals surface area contributed by atoms with Crippen molar-refractivity contribution in [2.24, 2.45) is 0 Å². The van der Waals surface area contributed by atoms with Gasteiger partial charge in [-0.1, -0.05) is 0 Å². The highest BCUT2D eigenvalue weighted by atomic mass is 14.8. The van der Waals surface area contributed by atoms with Gasteiger partial charge in [0.05, 0.1) is 0 Å². The highest BCUT2D eigenvalue weighted by molar-refractivity contribution is 5.47. The van der Waals surface area contributed by atoms with Crippen LogP contribution in [0.5, 0.6) is 0 Å². The third-order valence-electron chi connectivity index (χ3n) is 0.996. The Kier molecular flexibility index (Phi) is 1.26. The fourth-order valence-corrected chi connectivity index (χ4v) is 0.722. The maximum atomic E-state index is 5.44. The van der Waals surface area contributed by atoms with Crippen LogP contribution in [0.15, 0.2) is 12.1 Å². The second-order valence-electron chi connectivity index (χ2n) is 1.97. The van der Waals surface area contributed by atoms with Gasteiger partial charge in [0, 0.05) is 17.4 Å². The van der Waals surface area contributed by atoms with Gasteiger partial charge in [-0.25, -0.2) is 4.98 Å². The van der Waals surface area contributed by atoms with Crippen LogP contribution in [0.2, 0.25) is 0 Å². The maximum absolute atomic E-state index is 5.44. The van der Waals surface area contributed by atoms with Crippen molar-refractivity contribution < 1.29 is 0 Å². The summed E-state index contributed by atoms with van der Waals surface area (Å²) >= 11 is 0. The second-order valence-corrected chi connectivity index (χ2v) is 1.97. The normalized spacial score (nSPS) is 9.44. The van der Waals surface area contributed by atoms with E-state index in [2.05, 4.69) is 4.98 Å². The molecule has 0 aromatic carbocycles. The highest BCUT2D eigenvalue weighted by Crippen LogP contribution is 2.06. The summed E-state index contributed by atoms with van der Waals surface area (Å²) in [6.45, 7) is 1.85. The number of pyridine rings is 1. The standard InChI is InChI=1S/C6H9N3/c1-4-2-5(7)3-6(8)9-4/h2-3H,1H3,(H4,7,8,9). The Hall–Kier alpha value is -1.25. The molecule has 0 radical (unpaired) electrons. The average Bonchev–Trinajstić information content (AvgIpc) is 1.59. The zero-order valence-electron chi connectivity index (χ0n) is 5.26. The molecule has 3 nitrogen and oxygen atoms in total. The monoisotopic (exact) mass is 123 g/mol. The van der Waals surface area contributed by atoms with Crippen LogP contribution in [-0.4, -0.2) is 4.98 Å². The van der Waals surface area contributed by atoms with Gasteiger partial charge in [-0.3, -0.25) is 0 Å². The first-order valence-electron chi connectivity index (χ1n) is 2.68. The number of nitrogen functional groups attached to an aromatic ring is 2. The van der Waals surface area contributed by atoms with Crippen molar-refractivity contribution in [3.05, 3.63) is 17.8 Å². The van der Waals surface area contributed by atoms with Crippen molar-refractivity contribution in [1.82, 2.24) is 4.98 Å². The number of nitrogens with zero attached hydrogens (tertiary/aromatic N) is 1. The first-order chi connectivity index (χ1) is 4.18. The molecule has 0 spiro atoms. The molecule has 1 aromatic heterocycles. The molecule has 9 heavy (non-hydrogen) atoms. The molecule has 48 valence electrons. The molecule has 1 heterocycles. The lowest BCUT2D eigenvalue weighted by atomic mass is 10.3. The number of nitrogens with two attached hydrogens (primary N) is 2. The van der Waals surface area contributed by atoms with E-state index in [4.69, 9.17) is 11.5 Å². The minimum absolute atomic E-state index is 0.479. The van der Waals surface area contributed by atoms with E-state index in [1.807, 2.05) is 6.92 Å². The molecule has 0 saturated heterocycles. The van der Waals surface area contributed by atoms with Crippen LogP contribution in [0.1, 0.15) is 5.69 Å². The molecule has 0 aliphatic heterocycles. The summed E-state index contributed by atoms with van der Waals surface area (Å²) in [6, 6.07) is 3.41. The molecule has 0 saturated carbocycles. The maximum Gasteiger partial charge on any atom is 0.125 e. The average molecular weight is 123 g/mol. The van der Waals surface area contributed by atoms with Crippen molar-refractivity contribution in [3.63, 3.8) is 0 Å². The van der Waals surface area contributed by atoms with Crippen LogP contribution in [-0.2, 0) is 0 Å². The fraction of sp³-hybridized carbons (Fsp3) is 0.167. The molecule has 3 heteroatoms. The Balaban J connectivity index is 3.17. The topological polar surface area (TPSA) is 64.9 Å². The summed E-state index contributed by atoms with van der Waals surface area (Å²) < 4.78 is 0. The van der Waals surface area contributed by atoms with Gasteiger partial charge < -0.3 is 11.5 Å². The lowest BCUT2D eigenvalue weighted by Crippen LogP contribution is -1.94. The van der Waals surface area contributed by atoms with Gasteiger partial charge in [-0.05, 0) is 13.0 Å². The van der Waals surface area contributed by atoms with Gasteiger partial charge in [0.15, 0.2) is 0 Å². The molecule has 4 N–H and O–H groups in total. The van der Waals surface area contributed by atoms with E-state index in [0.29, 0.717) is 11.5 Å². The van der Waals surface area contributed by atoms with E-state index in [0.717, 1.165) is 5.69 Å². The van der Waals surface area contributed by atoms with Gasteiger partial charge in [0.2, 0.25) is 0 Å². The van der Waals surface area contributed by atoms with Crippen LogP contribution >= 0.6 is 0 Å². The summed E-state index contributed by atoms with van der Waals surface area (Å²) in [4.78, 5) is 3.93. The smallest absolute Gasteiger partial charge is 0.125 e. The Morgan fingerprint density at radius 2 is 2.00 bits per heavy atom. The van der Waals surface area contributed by atoms with Gasteiger partial charge in [-0.2, -0.15) is 0 Å². The predicted octanol–water partition coefficient (Wildman–Crippen LogP) is 0.554. The van der Waals surface area contributed by atoms with Gasteiger partial charge in [0.1, 0.15) is 5.82 Å². The predicted molar refractivity (Wildman–Crippen MR) is 37.8 cm³/mol. The number of hydrogen-bond donors (Lipinski definition) is 2. The van der Waals surface area contributed by atoms with Gasteiger partial charge in [-0.15, -0.1) is 0 Å². The van der Waals surface area contributed by atoms with Crippen LogP contribution < -0.4 is 11.5 Å². The number of aromatic nitrogens is 1. The first kappa shape index (κ1) is 5.88. The third kappa shape index (κ3) is 1.32. The molecule has 0 amide bonds. The SMILES string of the molecule is Cc1cc(N)cc(N)n1. The molecule has 0 bridgehead atoms. The molecule has 0 unspecified atom stereocenters. The third-order valence-corrected chi connectivity index (χ3v) is 0.996. The van der Waals surface area contributed by atoms with E-state index in [-0.39, 0.29) is 0 Å². The van der Waals surface area contributed by atoms with Crippen LogP contribution in [0.4, 0.5) is 11.5 Å². The van der Waals surface area contributed by atoms with Crippen LogP contribution in [0, 0.1) is 6.92 Å². The Morgan fingerprint density at radius 1 is 1.33 bits per heavy atom. The van der Waals surface area contributed by atoms with Crippen LogP contribution in [0.25, 0.3) is 0 Å². The number of hydrogen-bond acceptors (Lipinski definition) is 3. The Morgan fingerprint density at radius 3 is 2.44 bits per heavy atom. The highest BCUT2D eigenvalue weighted by Gasteiger charge is 1.89. The largest absolute Gasteiger partial charge is 0.399 e. The molecule has 0 atom stereocenters. The van der Waals surface area contributed by atoms with Crippen molar-refractivity contribution in [2.45, 2.75) is 6.92 Å². The van der Waals surface area contributed by atoms with Crippen molar-refractivity contribution >= 4 is 11.5 Å². The summed E-state index contributed by atoms with van der Waals surface area (Å²) in [6.07, 6.45) is 0. The van der Waals surface area contributed by atoms with E-state index >= 15 is 0 Å². The Labute approximate surface area is 53.7 Å².